The maximum atomic E-state index is 11.4. The number of piperazine rings is 1. The number of pyridine rings is 1. The molecule has 3 aromatic rings. The van der Waals surface area contributed by atoms with Gasteiger partial charge in [0, 0.05) is 55.8 Å². The largest absolute Gasteiger partial charge is 0.485 e. The number of nitrogens with zero attached hydrogens (tertiary/aromatic N) is 4. The summed E-state index contributed by atoms with van der Waals surface area (Å²) in [7, 11) is 0. The zero-order chi connectivity index (χ0) is 22.8. The summed E-state index contributed by atoms with van der Waals surface area (Å²) < 4.78 is 12.0. The number of hydrogen-bond donors (Lipinski definition) is 1. The van der Waals surface area contributed by atoms with Crippen LogP contribution in [0.4, 0.5) is 5.69 Å². The number of aromatic nitrogens is 3. The Morgan fingerprint density at radius 3 is 2.82 bits per heavy atom. The van der Waals surface area contributed by atoms with Gasteiger partial charge < -0.3 is 19.4 Å². The van der Waals surface area contributed by atoms with Crippen molar-refractivity contribution in [3.8, 4) is 11.8 Å². The number of aromatic amines is 1. The molecule has 0 saturated carbocycles. The number of unbranched alkanes of at least 4 members (excludes halogenated alkanes) is 1. The first-order valence-electron chi connectivity index (χ1n) is 11.7. The molecule has 1 fully saturated rings. The Labute approximate surface area is 193 Å². The van der Waals surface area contributed by atoms with Crippen LogP contribution in [0.3, 0.4) is 0 Å². The number of anilines is 1. The summed E-state index contributed by atoms with van der Waals surface area (Å²) in [6, 6.07) is 10.0. The predicted octanol–water partition coefficient (Wildman–Crippen LogP) is 3.01. The molecule has 0 radical (unpaired) electrons. The van der Waals surface area contributed by atoms with Gasteiger partial charge in [0.15, 0.2) is 0 Å². The van der Waals surface area contributed by atoms with Crippen molar-refractivity contribution in [1.29, 1.82) is 0 Å². The van der Waals surface area contributed by atoms with E-state index >= 15 is 0 Å². The van der Waals surface area contributed by atoms with E-state index in [0.717, 1.165) is 63.1 Å². The van der Waals surface area contributed by atoms with Crippen LogP contribution in [-0.4, -0.2) is 64.8 Å². The number of nitrogens with one attached hydrogen (secondary N) is 1. The molecule has 0 atom stereocenters. The minimum Gasteiger partial charge on any atom is -0.485 e. The third kappa shape index (κ3) is 4.95. The summed E-state index contributed by atoms with van der Waals surface area (Å²) in [6.45, 7) is 10.1. The average molecular weight is 450 g/mol. The fourth-order valence-corrected chi connectivity index (χ4v) is 4.65. The molecule has 4 heterocycles. The lowest BCUT2D eigenvalue weighted by atomic mass is 10.0. The maximum Gasteiger partial charge on any atom is 0.318 e. The molecule has 0 bridgehead atoms. The van der Waals surface area contributed by atoms with Crippen molar-refractivity contribution in [2.24, 2.45) is 0 Å². The van der Waals surface area contributed by atoms with E-state index in [9.17, 15) is 4.79 Å². The summed E-state index contributed by atoms with van der Waals surface area (Å²) in [5, 5.41) is 0.789. The first-order chi connectivity index (χ1) is 16.0. The first kappa shape index (κ1) is 21.7. The molecule has 5 rings (SSSR count). The van der Waals surface area contributed by atoms with E-state index in [2.05, 4.69) is 56.8 Å². The predicted molar refractivity (Wildman–Crippen MR) is 128 cm³/mol. The molecule has 1 N–H and O–H groups in total. The molecule has 33 heavy (non-hydrogen) atoms. The third-order valence-corrected chi connectivity index (χ3v) is 6.33. The quantitative estimate of drug-likeness (QED) is 0.555. The van der Waals surface area contributed by atoms with Crippen LogP contribution in [0.25, 0.3) is 11.0 Å². The highest BCUT2D eigenvalue weighted by atomic mass is 16.5. The minimum absolute atomic E-state index is 0.114. The number of hydrogen-bond acceptors (Lipinski definition) is 7. The van der Waals surface area contributed by atoms with Gasteiger partial charge in [0.1, 0.15) is 17.0 Å². The van der Waals surface area contributed by atoms with Gasteiger partial charge in [0.05, 0.1) is 12.3 Å². The Morgan fingerprint density at radius 1 is 1.12 bits per heavy atom. The van der Waals surface area contributed by atoms with E-state index < -0.39 is 0 Å². The molecular formula is C25H31N5O3. The molecule has 8 heteroatoms. The standard InChI is InChI=1S/C25H31N5O3/c1-25(2)16-18-6-5-7-20(22(18)33-25)30-13-11-29(12-14-30)10-3-4-15-32-24-26-17-19-8-9-21(31)27-23(19)28-24/h5-9,17H,3-4,10-16H2,1-2H3,(H,26,27,28,31). The van der Waals surface area contributed by atoms with E-state index in [1.807, 2.05) is 0 Å². The van der Waals surface area contributed by atoms with Crippen LogP contribution in [0.5, 0.6) is 11.8 Å². The van der Waals surface area contributed by atoms with Gasteiger partial charge in [0.2, 0.25) is 5.56 Å². The summed E-state index contributed by atoms with van der Waals surface area (Å²) in [4.78, 5) is 27.6. The lowest BCUT2D eigenvalue weighted by Gasteiger charge is -2.36. The number of para-hydroxylation sites is 1. The van der Waals surface area contributed by atoms with Crippen LogP contribution >= 0.6 is 0 Å². The zero-order valence-electron chi connectivity index (χ0n) is 19.3. The second-order valence-corrected chi connectivity index (χ2v) is 9.47. The minimum atomic E-state index is -0.180. The molecule has 0 spiro atoms. The van der Waals surface area contributed by atoms with Crippen molar-refractivity contribution >= 4 is 16.7 Å². The topological polar surface area (TPSA) is 83.6 Å². The molecule has 0 amide bonds. The first-order valence-corrected chi connectivity index (χ1v) is 11.7. The van der Waals surface area contributed by atoms with Crippen LogP contribution < -0.4 is 19.9 Å². The van der Waals surface area contributed by atoms with Gasteiger partial charge in [-0.05, 0) is 45.4 Å². The third-order valence-electron chi connectivity index (χ3n) is 6.33. The van der Waals surface area contributed by atoms with Gasteiger partial charge in [-0.25, -0.2) is 4.98 Å². The number of fused-ring (bicyclic) bond motifs is 2. The maximum absolute atomic E-state index is 11.4. The Hall–Kier alpha value is -3.13. The SMILES string of the molecule is CC1(C)Cc2cccc(N3CCN(CCCCOc4ncc5ccc(=O)[nH]c5n4)CC3)c2O1. The second-order valence-electron chi connectivity index (χ2n) is 9.47. The molecule has 0 aliphatic carbocycles. The molecule has 1 aromatic carbocycles. The van der Waals surface area contributed by atoms with E-state index in [1.165, 1.54) is 17.3 Å². The second kappa shape index (κ2) is 9.02. The van der Waals surface area contributed by atoms with Crippen molar-refractivity contribution in [2.75, 3.05) is 44.2 Å². The van der Waals surface area contributed by atoms with Crippen LogP contribution in [-0.2, 0) is 6.42 Å². The highest BCUT2D eigenvalue weighted by Gasteiger charge is 2.33. The van der Waals surface area contributed by atoms with Crippen molar-refractivity contribution in [3.63, 3.8) is 0 Å². The number of rotatable bonds is 7. The van der Waals surface area contributed by atoms with E-state index in [4.69, 9.17) is 9.47 Å². The van der Waals surface area contributed by atoms with E-state index in [1.54, 1.807) is 12.3 Å². The molecule has 1 saturated heterocycles. The summed E-state index contributed by atoms with van der Waals surface area (Å²) in [6.07, 6.45) is 4.63. The monoisotopic (exact) mass is 449 g/mol. The van der Waals surface area contributed by atoms with E-state index in [0.29, 0.717) is 18.3 Å². The molecule has 0 unspecified atom stereocenters. The van der Waals surface area contributed by atoms with Gasteiger partial charge in [-0.1, -0.05) is 12.1 Å². The molecule has 8 nitrogen and oxygen atoms in total. The Bertz CT molecular complexity index is 1180. The fraction of sp³-hybridized carbons (Fsp3) is 0.480. The molecular weight excluding hydrogens is 418 g/mol. The molecule has 2 aromatic heterocycles. The van der Waals surface area contributed by atoms with Gasteiger partial charge in [-0.15, -0.1) is 0 Å². The van der Waals surface area contributed by atoms with Crippen molar-refractivity contribution in [1.82, 2.24) is 19.9 Å². The highest BCUT2D eigenvalue weighted by molar-refractivity contribution is 5.73. The van der Waals surface area contributed by atoms with Gasteiger partial charge in [-0.2, -0.15) is 4.98 Å². The Balaban J connectivity index is 1.05. The van der Waals surface area contributed by atoms with Gasteiger partial charge in [-0.3, -0.25) is 9.69 Å². The molecule has 174 valence electrons. The Morgan fingerprint density at radius 2 is 1.97 bits per heavy atom. The van der Waals surface area contributed by atoms with Crippen LogP contribution in [0.15, 0.2) is 41.3 Å². The van der Waals surface area contributed by atoms with Crippen molar-refractivity contribution in [2.45, 2.75) is 38.7 Å². The lowest BCUT2D eigenvalue weighted by Crippen LogP contribution is -2.46. The summed E-state index contributed by atoms with van der Waals surface area (Å²) in [5.74, 6) is 1.08. The van der Waals surface area contributed by atoms with Crippen LogP contribution in [0.1, 0.15) is 32.3 Å². The summed E-state index contributed by atoms with van der Waals surface area (Å²) in [5.41, 5.74) is 2.77. The smallest absolute Gasteiger partial charge is 0.318 e. The van der Waals surface area contributed by atoms with Gasteiger partial charge >= 0.3 is 6.01 Å². The average Bonchev–Trinajstić information content (AvgIpc) is 3.13. The number of ether oxygens (including phenoxy) is 2. The normalized spacial score (nSPS) is 17.7. The molecule has 2 aliphatic rings. The van der Waals surface area contributed by atoms with Gasteiger partial charge in [0.25, 0.3) is 0 Å². The Kier molecular flexibility index (Phi) is 5.93. The van der Waals surface area contributed by atoms with Crippen molar-refractivity contribution < 1.29 is 9.47 Å². The number of H-pyrrole nitrogens is 1. The highest BCUT2D eigenvalue weighted by Crippen LogP contribution is 2.42. The van der Waals surface area contributed by atoms with E-state index in [-0.39, 0.29) is 11.2 Å². The lowest BCUT2D eigenvalue weighted by molar-refractivity contribution is 0.138. The zero-order valence-corrected chi connectivity index (χ0v) is 19.3. The van der Waals surface area contributed by atoms with Crippen LogP contribution in [0.2, 0.25) is 0 Å². The number of benzene rings is 1. The molecule has 2 aliphatic heterocycles. The van der Waals surface area contributed by atoms with Crippen LogP contribution in [0, 0.1) is 0 Å². The summed E-state index contributed by atoms with van der Waals surface area (Å²) >= 11 is 0. The van der Waals surface area contributed by atoms with Crippen molar-refractivity contribution in [3.05, 3.63) is 52.4 Å². The fourth-order valence-electron chi connectivity index (χ4n) is 4.65.